The lowest BCUT2D eigenvalue weighted by Gasteiger charge is -2.04. The molecule has 0 amide bonds. The lowest BCUT2D eigenvalue weighted by molar-refractivity contribution is 0.930. The summed E-state index contributed by atoms with van der Waals surface area (Å²) in [5, 5.41) is 0. The summed E-state index contributed by atoms with van der Waals surface area (Å²) in [6.45, 7) is 4.92. The van der Waals surface area contributed by atoms with Crippen LogP contribution in [-0.4, -0.2) is 12.4 Å². The van der Waals surface area contributed by atoms with Gasteiger partial charge in [0.2, 0.25) is 0 Å². The molecule has 0 aliphatic rings. The second-order valence-electron chi connectivity index (χ2n) is 3.25. The average molecular weight is 255 g/mol. The van der Waals surface area contributed by atoms with Crippen LogP contribution in [0.15, 0.2) is 27.7 Å². The third-order valence-corrected chi connectivity index (χ3v) is 2.56. The summed E-state index contributed by atoms with van der Waals surface area (Å²) in [5.74, 6) is 0.610. The maximum atomic E-state index is 5.85. The van der Waals surface area contributed by atoms with Crippen LogP contribution in [-0.2, 0) is 0 Å². The van der Waals surface area contributed by atoms with E-state index in [1.54, 1.807) is 0 Å². The van der Waals surface area contributed by atoms with Crippen molar-refractivity contribution < 1.29 is 0 Å². The van der Waals surface area contributed by atoms with Crippen LogP contribution < -0.4 is 5.73 Å². The number of benzene rings is 1. The zero-order valence-corrected chi connectivity index (χ0v) is 10.1. The minimum absolute atomic E-state index is 0.610. The highest BCUT2D eigenvalue weighted by Crippen LogP contribution is 2.17. The third-order valence-electron chi connectivity index (χ3n) is 1.91. The van der Waals surface area contributed by atoms with Crippen LogP contribution in [0.1, 0.15) is 24.5 Å². The third kappa shape index (κ3) is 2.84. The van der Waals surface area contributed by atoms with E-state index in [1.807, 2.05) is 25.1 Å². The molecule has 2 nitrogen and oxygen atoms in total. The number of aliphatic imine (C=N–C) groups is 1. The van der Waals surface area contributed by atoms with Crippen molar-refractivity contribution in [2.24, 2.45) is 10.7 Å². The minimum atomic E-state index is 0.610. The quantitative estimate of drug-likeness (QED) is 0.654. The molecular weight excluding hydrogens is 240 g/mol. The topological polar surface area (TPSA) is 38.4 Å². The van der Waals surface area contributed by atoms with Gasteiger partial charge in [-0.05, 0) is 31.0 Å². The Hall–Kier alpha value is -0.830. The molecule has 0 bridgehead atoms. The first kappa shape index (κ1) is 11.2. The van der Waals surface area contributed by atoms with Gasteiger partial charge in [0.1, 0.15) is 5.84 Å². The van der Waals surface area contributed by atoms with Crippen molar-refractivity contribution in [3.05, 3.63) is 33.8 Å². The monoisotopic (exact) mass is 254 g/mol. The van der Waals surface area contributed by atoms with Gasteiger partial charge in [-0.25, -0.2) is 0 Å². The molecule has 0 atom stereocenters. The normalized spacial score (nSPS) is 11.8. The summed E-state index contributed by atoms with van der Waals surface area (Å²) >= 11 is 3.48. The molecule has 0 aliphatic carbocycles. The number of rotatable bonds is 3. The average Bonchev–Trinajstić information content (AvgIpc) is 2.14. The van der Waals surface area contributed by atoms with Crippen molar-refractivity contribution in [3.63, 3.8) is 0 Å². The van der Waals surface area contributed by atoms with Gasteiger partial charge in [0.25, 0.3) is 0 Å². The molecule has 0 spiro atoms. The van der Waals surface area contributed by atoms with Gasteiger partial charge in [-0.3, -0.25) is 4.99 Å². The second kappa shape index (κ2) is 5.15. The number of hydrogen-bond acceptors (Lipinski definition) is 1. The Labute approximate surface area is 93.4 Å². The lowest BCUT2D eigenvalue weighted by atomic mass is 10.1. The number of halogens is 1. The van der Waals surface area contributed by atoms with Crippen LogP contribution in [0.5, 0.6) is 0 Å². The van der Waals surface area contributed by atoms with Gasteiger partial charge >= 0.3 is 0 Å². The molecular formula is C11H15BrN2. The standard InChI is InChI=1S/C11H15BrN2/c1-3-6-14-11(13)9-5-4-8(2)7-10(9)12/h4-5,7H,3,6H2,1-2H3,(H2,13,14). The van der Waals surface area contributed by atoms with Crippen LogP contribution in [0.2, 0.25) is 0 Å². The zero-order chi connectivity index (χ0) is 10.6. The van der Waals surface area contributed by atoms with Crippen molar-refractivity contribution >= 4 is 21.8 Å². The second-order valence-corrected chi connectivity index (χ2v) is 4.10. The first-order valence-corrected chi connectivity index (χ1v) is 5.51. The molecule has 0 saturated heterocycles. The number of nitrogens with zero attached hydrogens (tertiary/aromatic N) is 1. The predicted molar refractivity (Wildman–Crippen MR) is 64.8 cm³/mol. The van der Waals surface area contributed by atoms with E-state index in [0.29, 0.717) is 5.84 Å². The molecule has 3 heteroatoms. The number of amidine groups is 1. The van der Waals surface area contributed by atoms with E-state index in [-0.39, 0.29) is 0 Å². The molecule has 0 heterocycles. The fourth-order valence-electron chi connectivity index (χ4n) is 1.15. The van der Waals surface area contributed by atoms with Crippen molar-refractivity contribution in [3.8, 4) is 0 Å². The predicted octanol–water partition coefficient (Wildman–Crippen LogP) is 2.87. The van der Waals surface area contributed by atoms with Crippen LogP contribution in [0.3, 0.4) is 0 Å². The van der Waals surface area contributed by atoms with Crippen molar-refractivity contribution in [1.29, 1.82) is 0 Å². The fourth-order valence-corrected chi connectivity index (χ4v) is 1.84. The number of hydrogen-bond donors (Lipinski definition) is 1. The van der Waals surface area contributed by atoms with Gasteiger partial charge in [-0.15, -0.1) is 0 Å². The first-order valence-electron chi connectivity index (χ1n) is 4.71. The smallest absolute Gasteiger partial charge is 0.126 e. The summed E-state index contributed by atoms with van der Waals surface area (Å²) in [5.41, 5.74) is 8.04. The van der Waals surface area contributed by atoms with E-state index in [1.165, 1.54) is 5.56 Å². The van der Waals surface area contributed by atoms with Crippen LogP contribution in [0.25, 0.3) is 0 Å². The Balaban J connectivity index is 2.95. The zero-order valence-electron chi connectivity index (χ0n) is 8.55. The van der Waals surface area contributed by atoms with E-state index < -0.39 is 0 Å². The molecule has 0 unspecified atom stereocenters. The molecule has 0 aliphatic heterocycles. The largest absolute Gasteiger partial charge is 0.383 e. The molecule has 0 radical (unpaired) electrons. The van der Waals surface area contributed by atoms with Gasteiger partial charge < -0.3 is 5.73 Å². The number of aryl methyl sites for hydroxylation is 1. The SMILES string of the molecule is CCCN=C(N)c1ccc(C)cc1Br. The Morgan fingerprint density at radius 1 is 1.50 bits per heavy atom. The van der Waals surface area contributed by atoms with Gasteiger partial charge in [0, 0.05) is 16.6 Å². The highest BCUT2D eigenvalue weighted by molar-refractivity contribution is 9.10. The van der Waals surface area contributed by atoms with Crippen LogP contribution >= 0.6 is 15.9 Å². The molecule has 1 rings (SSSR count). The van der Waals surface area contributed by atoms with Gasteiger partial charge in [-0.1, -0.05) is 28.9 Å². The highest BCUT2D eigenvalue weighted by Gasteiger charge is 2.03. The van der Waals surface area contributed by atoms with Crippen molar-refractivity contribution in [2.75, 3.05) is 6.54 Å². The minimum Gasteiger partial charge on any atom is -0.383 e. The summed E-state index contributed by atoms with van der Waals surface area (Å²) in [4.78, 5) is 4.27. The van der Waals surface area contributed by atoms with Crippen LogP contribution in [0.4, 0.5) is 0 Å². The number of nitrogens with two attached hydrogens (primary N) is 1. The molecule has 14 heavy (non-hydrogen) atoms. The Kier molecular flexibility index (Phi) is 4.14. The summed E-state index contributed by atoms with van der Waals surface area (Å²) in [6, 6.07) is 6.08. The van der Waals surface area contributed by atoms with Crippen molar-refractivity contribution in [2.45, 2.75) is 20.3 Å². The maximum Gasteiger partial charge on any atom is 0.126 e. The molecule has 1 aromatic rings. The lowest BCUT2D eigenvalue weighted by Crippen LogP contribution is -2.14. The van der Waals surface area contributed by atoms with E-state index in [2.05, 4.69) is 27.8 Å². The molecule has 0 saturated carbocycles. The fraction of sp³-hybridized carbons (Fsp3) is 0.364. The van der Waals surface area contributed by atoms with Gasteiger partial charge in [0.05, 0.1) is 0 Å². The Morgan fingerprint density at radius 3 is 2.79 bits per heavy atom. The Bertz CT molecular complexity index is 345. The summed E-state index contributed by atoms with van der Waals surface area (Å²) in [6.07, 6.45) is 1.02. The Morgan fingerprint density at radius 2 is 2.21 bits per heavy atom. The summed E-state index contributed by atoms with van der Waals surface area (Å²) in [7, 11) is 0. The van der Waals surface area contributed by atoms with Crippen LogP contribution in [0, 0.1) is 6.92 Å². The molecule has 76 valence electrons. The summed E-state index contributed by atoms with van der Waals surface area (Å²) < 4.78 is 1.01. The van der Waals surface area contributed by atoms with E-state index in [0.717, 1.165) is 23.0 Å². The molecule has 0 fully saturated rings. The highest BCUT2D eigenvalue weighted by atomic mass is 79.9. The van der Waals surface area contributed by atoms with E-state index >= 15 is 0 Å². The van der Waals surface area contributed by atoms with E-state index in [4.69, 9.17) is 5.73 Å². The van der Waals surface area contributed by atoms with Gasteiger partial charge in [-0.2, -0.15) is 0 Å². The van der Waals surface area contributed by atoms with Crippen molar-refractivity contribution in [1.82, 2.24) is 0 Å². The molecule has 0 aromatic heterocycles. The maximum absolute atomic E-state index is 5.85. The molecule has 2 N–H and O–H groups in total. The van der Waals surface area contributed by atoms with Gasteiger partial charge in [0.15, 0.2) is 0 Å². The van der Waals surface area contributed by atoms with E-state index in [9.17, 15) is 0 Å². The molecule has 1 aromatic carbocycles. The first-order chi connectivity index (χ1) is 6.65.